The van der Waals surface area contributed by atoms with Crippen molar-refractivity contribution < 1.29 is 9.90 Å². The van der Waals surface area contributed by atoms with Gasteiger partial charge in [0.05, 0.1) is 6.54 Å². The van der Waals surface area contributed by atoms with Gasteiger partial charge in [-0.1, -0.05) is 13.3 Å². The first-order valence-corrected chi connectivity index (χ1v) is 7.92. The Morgan fingerprint density at radius 2 is 2.18 bits per heavy atom. The topological polar surface area (TPSA) is 69.6 Å². The van der Waals surface area contributed by atoms with Gasteiger partial charge in [-0.05, 0) is 32.9 Å². The molecule has 1 aliphatic heterocycles. The molecule has 1 aliphatic rings. The van der Waals surface area contributed by atoms with Crippen LogP contribution in [0.25, 0.3) is 0 Å². The Labute approximate surface area is 132 Å². The lowest BCUT2D eigenvalue weighted by atomic mass is 9.99. The monoisotopic (exact) mass is 306 g/mol. The highest BCUT2D eigenvalue weighted by atomic mass is 16.3. The summed E-state index contributed by atoms with van der Waals surface area (Å²) in [5.74, 6) is 0.633. The molecule has 0 unspecified atom stereocenters. The van der Waals surface area contributed by atoms with Crippen molar-refractivity contribution in [3.8, 4) is 0 Å². The number of carbonyl (C=O) groups excluding carboxylic acids is 1. The Morgan fingerprint density at radius 1 is 1.50 bits per heavy atom. The average Bonchev–Trinajstić information content (AvgIpc) is 2.97. The van der Waals surface area contributed by atoms with E-state index in [9.17, 15) is 9.90 Å². The summed E-state index contributed by atoms with van der Waals surface area (Å²) in [6.45, 7) is 5.61. The van der Waals surface area contributed by atoms with Crippen LogP contribution >= 0.6 is 0 Å². The fourth-order valence-electron chi connectivity index (χ4n) is 2.98. The lowest BCUT2D eigenvalue weighted by molar-refractivity contribution is -0.149. The Balaban J connectivity index is 1.90. The lowest BCUT2D eigenvalue weighted by Gasteiger charge is -2.29. The van der Waals surface area contributed by atoms with Crippen LogP contribution in [0.15, 0.2) is 18.5 Å². The Kier molecular flexibility index (Phi) is 5.47. The number of carbonyl (C=O) groups is 1. The van der Waals surface area contributed by atoms with Crippen LogP contribution in [0.1, 0.15) is 38.9 Å². The quantitative estimate of drug-likeness (QED) is 0.851. The summed E-state index contributed by atoms with van der Waals surface area (Å²) >= 11 is 0. The first kappa shape index (κ1) is 16.8. The molecule has 1 amide bonds. The number of rotatable bonds is 6. The van der Waals surface area contributed by atoms with Crippen molar-refractivity contribution in [2.75, 3.05) is 20.1 Å². The first-order chi connectivity index (χ1) is 10.4. The van der Waals surface area contributed by atoms with E-state index in [1.807, 2.05) is 14.0 Å². The molecule has 2 atom stereocenters. The molecule has 0 spiro atoms. The van der Waals surface area contributed by atoms with Gasteiger partial charge < -0.3 is 10.0 Å². The fourth-order valence-corrected chi connectivity index (χ4v) is 2.98. The van der Waals surface area contributed by atoms with Gasteiger partial charge in [-0.15, -0.1) is 0 Å². The van der Waals surface area contributed by atoms with E-state index in [-0.39, 0.29) is 11.9 Å². The highest BCUT2D eigenvalue weighted by Gasteiger charge is 2.37. The summed E-state index contributed by atoms with van der Waals surface area (Å²) in [6.07, 6.45) is 5.68. The zero-order chi connectivity index (χ0) is 16.2. The summed E-state index contributed by atoms with van der Waals surface area (Å²) in [6, 6.07) is 2.08. The largest absolute Gasteiger partial charge is 0.380 e. The van der Waals surface area contributed by atoms with Crippen molar-refractivity contribution in [1.82, 2.24) is 19.8 Å². The van der Waals surface area contributed by atoms with Gasteiger partial charge in [-0.3, -0.25) is 9.69 Å². The predicted octanol–water partition coefficient (Wildman–Crippen LogP) is 1.06. The number of hydrogen-bond donors (Lipinski definition) is 1. The summed E-state index contributed by atoms with van der Waals surface area (Å²) in [5, 5.41) is 10.3. The molecule has 122 valence electrons. The van der Waals surface area contributed by atoms with Crippen molar-refractivity contribution in [1.29, 1.82) is 0 Å². The maximum absolute atomic E-state index is 12.4. The van der Waals surface area contributed by atoms with Gasteiger partial charge in [0.1, 0.15) is 11.4 Å². The number of nitrogens with zero attached hydrogens (tertiary/aromatic N) is 4. The molecule has 2 rings (SSSR count). The Morgan fingerprint density at radius 3 is 2.82 bits per heavy atom. The highest BCUT2D eigenvalue weighted by molar-refractivity contribution is 5.84. The smallest absolute Gasteiger partial charge is 0.254 e. The number of aliphatic hydroxyl groups is 1. The summed E-state index contributed by atoms with van der Waals surface area (Å²) < 4.78 is 0. The van der Waals surface area contributed by atoms with Gasteiger partial charge in [0.2, 0.25) is 0 Å². The Bertz CT molecular complexity index is 492. The normalized spacial score (nSPS) is 21.1. The molecular weight excluding hydrogens is 280 g/mol. The van der Waals surface area contributed by atoms with Gasteiger partial charge in [0.15, 0.2) is 0 Å². The second-order valence-electron chi connectivity index (χ2n) is 6.30. The summed E-state index contributed by atoms with van der Waals surface area (Å²) in [7, 11) is 2.03. The van der Waals surface area contributed by atoms with E-state index < -0.39 is 5.60 Å². The van der Waals surface area contributed by atoms with E-state index in [4.69, 9.17) is 0 Å². The predicted molar refractivity (Wildman–Crippen MR) is 84.0 cm³/mol. The van der Waals surface area contributed by atoms with E-state index in [0.29, 0.717) is 26.1 Å². The number of amides is 1. The van der Waals surface area contributed by atoms with Crippen LogP contribution in [0, 0.1) is 0 Å². The Hall–Kier alpha value is -1.53. The molecule has 1 N–H and O–H groups in total. The molecule has 1 aromatic heterocycles. The van der Waals surface area contributed by atoms with E-state index >= 15 is 0 Å². The molecule has 0 aliphatic carbocycles. The molecule has 0 radical (unpaired) electrons. The standard InChI is InChI=1S/C16H26N4O2/c1-4-7-16(2,22)15(21)20-10-6-13(11-20)19(3)12-14-17-8-5-9-18-14/h5,8-9,13,22H,4,6-7,10-12H2,1-3H3/t13-,16-/m0/s1. The maximum Gasteiger partial charge on any atom is 0.254 e. The van der Waals surface area contributed by atoms with Crippen molar-refractivity contribution in [3.63, 3.8) is 0 Å². The number of likely N-dealkylation sites (tertiary alicyclic amines) is 1. The molecule has 0 aromatic carbocycles. The number of likely N-dealkylation sites (N-methyl/N-ethyl adjacent to an activating group) is 1. The van der Waals surface area contributed by atoms with E-state index in [0.717, 1.165) is 18.7 Å². The second-order valence-corrected chi connectivity index (χ2v) is 6.30. The SMILES string of the molecule is CCC[C@](C)(O)C(=O)N1CC[C@H](N(C)Cc2ncccn2)C1. The van der Waals surface area contributed by atoms with Crippen LogP contribution < -0.4 is 0 Å². The minimum Gasteiger partial charge on any atom is -0.380 e. The summed E-state index contributed by atoms with van der Waals surface area (Å²) in [4.78, 5) is 24.8. The molecule has 1 saturated heterocycles. The van der Waals surface area contributed by atoms with Crippen molar-refractivity contribution in [3.05, 3.63) is 24.3 Å². The highest BCUT2D eigenvalue weighted by Crippen LogP contribution is 2.22. The summed E-state index contributed by atoms with van der Waals surface area (Å²) in [5.41, 5.74) is -1.25. The zero-order valence-corrected chi connectivity index (χ0v) is 13.7. The molecule has 2 heterocycles. The van der Waals surface area contributed by atoms with Crippen LogP contribution in [0.5, 0.6) is 0 Å². The van der Waals surface area contributed by atoms with Crippen LogP contribution in [-0.4, -0.2) is 62.6 Å². The van der Waals surface area contributed by atoms with Crippen LogP contribution in [0.3, 0.4) is 0 Å². The van der Waals surface area contributed by atoms with Gasteiger partial charge in [0, 0.05) is 31.5 Å². The minimum absolute atomic E-state index is 0.152. The zero-order valence-electron chi connectivity index (χ0n) is 13.7. The third-order valence-corrected chi connectivity index (χ3v) is 4.28. The van der Waals surface area contributed by atoms with Gasteiger partial charge in [-0.25, -0.2) is 9.97 Å². The van der Waals surface area contributed by atoms with Crippen molar-refractivity contribution in [2.45, 2.75) is 51.3 Å². The van der Waals surface area contributed by atoms with Crippen LogP contribution in [0.4, 0.5) is 0 Å². The van der Waals surface area contributed by atoms with E-state index in [1.54, 1.807) is 30.3 Å². The van der Waals surface area contributed by atoms with Crippen molar-refractivity contribution in [2.24, 2.45) is 0 Å². The third-order valence-electron chi connectivity index (χ3n) is 4.28. The lowest BCUT2D eigenvalue weighted by Crippen LogP contribution is -2.47. The molecule has 6 heteroatoms. The van der Waals surface area contributed by atoms with Crippen LogP contribution in [0.2, 0.25) is 0 Å². The second kappa shape index (κ2) is 7.15. The van der Waals surface area contributed by atoms with E-state index in [1.165, 1.54) is 0 Å². The average molecular weight is 306 g/mol. The minimum atomic E-state index is -1.25. The molecule has 0 bridgehead atoms. The van der Waals surface area contributed by atoms with Gasteiger partial charge >= 0.3 is 0 Å². The van der Waals surface area contributed by atoms with Crippen LogP contribution in [-0.2, 0) is 11.3 Å². The molecule has 1 aromatic rings. The van der Waals surface area contributed by atoms with Crippen molar-refractivity contribution >= 4 is 5.91 Å². The molecule has 0 saturated carbocycles. The van der Waals surface area contributed by atoms with Gasteiger partial charge in [0.25, 0.3) is 5.91 Å². The first-order valence-electron chi connectivity index (χ1n) is 7.92. The molecule has 6 nitrogen and oxygen atoms in total. The number of hydrogen-bond acceptors (Lipinski definition) is 5. The molecule has 1 fully saturated rings. The molecular formula is C16H26N4O2. The number of aromatic nitrogens is 2. The third kappa shape index (κ3) is 4.01. The van der Waals surface area contributed by atoms with E-state index in [2.05, 4.69) is 14.9 Å². The maximum atomic E-state index is 12.4. The molecule has 22 heavy (non-hydrogen) atoms. The fraction of sp³-hybridized carbons (Fsp3) is 0.688. The van der Waals surface area contributed by atoms with Gasteiger partial charge in [-0.2, -0.15) is 0 Å².